The Morgan fingerprint density at radius 2 is 1.63 bits per heavy atom. The Morgan fingerprint density at radius 1 is 1.03 bits per heavy atom. The second-order valence-corrected chi connectivity index (χ2v) is 13.6. The summed E-state index contributed by atoms with van der Waals surface area (Å²) in [6.45, 7) is 11.9. The Bertz CT molecular complexity index is 846. The highest BCUT2D eigenvalue weighted by Crippen LogP contribution is 2.36. The smallest absolute Gasteiger partial charge is 0.258 e. The average Bonchev–Trinajstić information content (AvgIpc) is 2.71. The third-order valence-electron chi connectivity index (χ3n) is 5.59. The third-order valence-corrected chi connectivity index (χ3v) is 10.1. The number of hydroxylamine groups is 1. The lowest BCUT2D eigenvalue weighted by atomic mass is 10.1. The van der Waals surface area contributed by atoms with Crippen LogP contribution in [-0.2, 0) is 15.6 Å². The van der Waals surface area contributed by atoms with Gasteiger partial charge in [0.25, 0.3) is 5.91 Å². The maximum absolute atomic E-state index is 13.2. The van der Waals surface area contributed by atoms with E-state index in [1.54, 1.807) is 34.6 Å². The maximum Gasteiger partial charge on any atom is 0.258 e. The fourth-order valence-electron chi connectivity index (χ4n) is 2.71. The molecule has 2 rings (SSSR count). The van der Waals surface area contributed by atoms with E-state index in [9.17, 15) is 9.59 Å². The van der Waals surface area contributed by atoms with Crippen LogP contribution in [0.5, 0.6) is 0 Å². The zero-order valence-corrected chi connectivity index (χ0v) is 19.4. The molecule has 0 saturated carbocycles. The molecule has 0 atom stereocenters. The summed E-state index contributed by atoms with van der Waals surface area (Å²) in [7, 11) is -1.91. The molecule has 2 aromatic carbocycles. The summed E-state index contributed by atoms with van der Waals surface area (Å²) in [6.07, 6.45) is 0.0493. The van der Waals surface area contributed by atoms with Crippen molar-refractivity contribution in [1.29, 1.82) is 0 Å². The number of nitrogens with one attached hydrogen (secondary N) is 1. The number of anilines is 1. The first-order valence-electron chi connectivity index (χ1n) is 10.1. The summed E-state index contributed by atoms with van der Waals surface area (Å²) in [4.78, 5) is 26.3. The monoisotopic (exact) mass is 428 g/mol. The molecule has 0 radical (unpaired) electrons. The minimum atomic E-state index is -1.91. The van der Waals surface area contributed by atoms with Gasteiger partial charge < -0.3 is 9.33 Å². The molecular formula is C23H32N2O4Si. The Kier molecular flexibility index (Phi) is 7.94. The number of carbonyl (C=O) groups excluding carboxylic acids is 2. The van der Waals surface area contributed by atoms with Crippen molar-refractivity contribution in [3.8, 4) is 0 Å². The highest BCUT2D eigenvalue weighted by Gasteiger charge is 2.37. The standard InChI is InChI=1S/C23H32N2O4Si/c1-23(2,3)30(4,5)29-16-15-25(20-9-7-6-8-10-20)22(27)19-13-11-18(12-14-19)17-21(26)24-28/h6-14,28H,15-17H2,1-5H3,(H,24,26). The van der Waals surface area contributed by atoms with Crippen LogP contribution in [0.25, 0.3) is 0 Å². The second-order valence-electron chi connectivity index (χ2n) is 8.81. The number of rotatable bonds is 8. The second kappa shape index (κ2) is 10.0. The fraction of sp³-hybridized carbons (Fsp3) is 0.391. The van der Waals surface area contributed by atoms with Crippen LogP contribution in [0.2, 0.25) is 18.1 Å². The lowest BCUT2D eigenvalue weighted by Crippen LogP contribution is -2.43. The van der Waals surface area contributed by atoms with E-state index in [1.165, 1.54) is 0 Å². The summed E-state index contributed by atoms with van der Waals surface area (Å²) in [6, 6.07) is 16.4. The molecule has 0 aromatic heterocycles. The molecule has 0 heterocycles. The van der Waals surface area contributed by atoms with Crippen LogP contribution in [0.15, 0.2) is 54.6 Å². The van der Waals surface area contributed by atoms with Crippen LogP contribution >= 0.6 is 0 Å². The minimum absolute atomic E-state index is 0.0493. The van der Waals surface area contributed by atoms with E-state index in [-0.39, 0.29) is 17.4 Å². The molecule has 2 amide bonds. The summed E-state index contributed by atoms with van der Waals surface area (Å²) >= 11 is 0. The van der Waals surface area contributed by atoms with Gasteiger partial charge >= 0.3 is 0 Å². The number of carbonyl (C=O) groups is 2. The molecule has 0 fully saturated rings. The van der Waals surface area contributed by atoms with Gasteiger partial charge in [-0.2, -0.15) is 0 Å². The molecular weight excluding hydrogens is 396 g/mol. The van der Waals surface area contributed by atoms with Crippen molar-refractivity contribution >= 4 is 25.8 Å². The van der Waals surface area contributed by atoms with Gasteiger partial charge in [0.05, 0.1) is 13.0 Å². The van der Waals surface area contributed by atoms with Crippen molar-refractivity contribution in [2.45, 2.75) is 45.3 Å². The van der Waals surface area contributed by atoms with E-state index in [4.69, 9.17) is 9.63 Å². The fourth-order valence-corrected chi connectivity index (χ4v) is 3.74. The van der Waals surface area contributed by atoms with Crippen LogP contribution in [-0.4, -0.2) is 38.5 Å². The van der Waals surface area contributed by atoms with E-state index < -0.39 is 14.2 Å². The van der Waals surface area contributed by atoms with E-state index in [2.05, 4.69) is 33.9 Å². The molecule has 30 heavy (non-hydrogen) atoms. The quantitative estimate of drug-likeness (QED) is 0.371. The number of nitrogens with zero attached hydrogens (tertiary/aromatic N) is 1. The first-order valence-corrected chi connectivity index (χ1v) is 13.0. The molecule has 7 heteroatoms. The predicted octanol–water partition coefficient (Wildman–Crippen LogP) is 4.40. The maximum atomic E-state index is 13.2. The number of hydrogen-bond acceptors (Lipinski definition) is 4. The average molecular weight is 429 g/mol. The molecule has 6 nitrogen and oxygen atoms in total. The van der Waals surface area contributed by atoms with E-state index in [1.807, 2.05) is 30.3 Å². The molecule has 0 aliphatic heterocycles. The lowest BCUT2D eigenvalue weighted by Gasteiger charge is -2.36. The highest BCUT2D eigenvalue weighted by atomic mass is 28.4. The molecule has 162 valence electrons. The predicted molar refractivity (Wildman–Crippen MR) is 121 cm³/mol. The third kappa shape index (κ3) is 6.26. The minimum Gasteiger partial charge on any atom is -0.415 e. The molecule has 0 bridgehead atoms. The first kappa shape index (κ1) is 23.8. The van der Waals surface area contributed by atoms with E-state index in [0.717, 1.165) is 5.69 Å². The first-order chi connectivity index (χ1) is 14.0. The molecule has 0 aliphatic rings. The van der Waals surface area contributed by atoms with Crippen molar-refractivity contribution in [1.82, 2.24) is 5.48 Å². The molecule has 0 saturated heterocycles. The van der Waals surface area contributed by atoms with E-state index in [0.29, 0.717) is 24.3 Å². The van der Waals surface area contributed by atoms with Crippen molar-refractivity contribution < 1.29 is 19.2 Å². The topological polar surface area (TPSA) is 78.9 Å². The normalized spacial score (nSPS) is 11.8. The Labute approximate surface area is 180 Å². The largest absolute Gasteiger partial charge is 0.415 e. The molecule has 0 aliphatic carbocycles. The summed E-state index contributed by atoms with van der Waals surface area (Å²) < 4.78 is 6.28. The SMILES string of the molecule is CC(C)(C)[Si](C)(C)OCCN(C(=O)c1ccc(CC(=O)NO)cc1)c1ccccc1. The number of amides is 2. The molecule has 2 aromatic rings. The molecule has 0 spiro atoms. The van der Waals surface area contributed by atoms with Gasteiger partial charge in [-0.25, -0.2) is 5.48 Å². The Balaban J connectivity index is 2.17. The van der Waals surface area contributed by atoms with Crippen molar-refractivity contribution in [3.63, 3.8) is 0 Å². The lowest BCUT2D eigenvalue weighted by molar-refractivity contribution is -0.128. The molecule has 0 unspecified atom stereocenters. The van der Waals surface area contributed by atoms with Crippen LogP contribution in [0.1, 0.15) is 36.7 Å². The summed E-state index contributed by atoms with van der Waals surface area (Å²) in [5, 5.41) is 8.76. The van der Waals surface area contributed by atoms with Gasteiger partial charge in [0.2, 0.25) is 5.91 Å². The number of benzene rings is 2. The highest BCUT2D eigenvalue weighted by molar-refractivity contribution is 6.74. The van der Waals surface area contributed by atoms with Crippen LogP contribution in [0.4, 0.5) is 5.69 Å². The van der Waals surface area contributed by atoms with Gasteiger partial charge in [0, 0.05) is 17.8 Å². The van der Waals surface area contributed by atoms with Crippen molar-refractivity contribution in [3.05, 3.63) is 65.7 Å². The van der Waals surface area contributed by atoms with Crippen LogP contribution in [0, 0.1) is 0 Å². The number of hydrogen-bond donors (Lipinski definition) is 2. The van der Waals surface area contributed by atoms with Crippen molar-refractivity contribution in [2.75, 3.05) is 18.1 Å². The molecule has 2 N–H and O–H groups in total. The zero-order chi connectivity index (χ0) is 22.4. The van der Waals surface area contributed by atoms with Crippen molar-refractivity contribution in [2.24, 2.45) is 0 Å². The van der Waals surface area contributed by atoms with Crippen LogP contribution in [0.3, 0.4) is 0 Å². The van der Waals surface area contributed by atoms with Crippen LogP contribution < -0.4 is 10.4 Å². The zero-order valence-electron chi connectivity index (χ0n) is 18.4. The Hall–Kier alpha value is -2.48. The summed E-state index contributed by atoms with van der Waals surface area (Å²) in [5.41, 5.74) is 3.66. The van der Waals surface area contributed by atoms with Gasteiger partial charge in [-0.1, -0.05) is 51.1 Å². The summed E-state index contributed by atoms with van der Waals surface area (Å²) in [5.74, 6) is -0.624. The van der Waals surface area contributed by atoms with Gasteiger partial charge in [-0.3, -0.25) is 14.8 Å². The van der Waals surface area contributed by atoms with Gasteiger partial charge in [0.15, 0.2) is 8.32 Å². The van der Waals surface area contributed by atoms with Gasteiger partial charge in [0.1, 0.15) is 0 Å². The Morgan fingerprint density at radius 3 is 2.17 bits per heavy atom. The van der Waals surface area contributed by atoms with Gasteiger partial charge in [-0.15, -0.1) is 0 Å². The van der Waals surface area contributed by atoms with E-state index >= 15 is 0 Å². The number of para-hydroxylation sites is 1. The van der Waals surface area contributed by atoms with Gasteiger partial charge in [-0.05, 0) is 48.0 Å².